The van der Waals surface area contributed by atoms with E-state index in [0.29, 0.717) is 0 Å². The third-order valence-corrected chi connectivity index (χ3v) is 3.42. The highest BCUT2D eigenvalue weighted by atomic mass is 16.5. The van der Waals surface area contributed by atoms with Crippen molar-refractivity contribution in [3.8, 4) is 0 Å². The summed E-state index contributed by atoms with van der Waals surface area (Å²) in [6.45, 7) is 7.60. The lowest BCUT2D eigenvalue weighted by molar-refractivity contribution is 0.0436. The molecule has 0 fully saturated rings. The van der Waals surface area contributed by atoms with Gasteiger partial charge in [-0.2, -0.15) is 0 Å². The van der Waals surface area contributed by atoms with E-state index in [1.54, 1.807) is 12.1 Å². The van der Waals surface area contributed by atoms with Crippen molar-refractivity contribution < 1.29 is 13.9 Å². The summed E-state index contributed by atoms with van der Waals surface area (Å²) >= 11 is 0. The summed E-state index contributed by atoms with van der Waals surface area (Å²) in [5.41, 5.74) is 2.23. The summed E-state index contributed by atoms with van der Waals surface area (Å²) in [6, 6.07) is 11.4. The Morgan fingerprint density at radius 1 is 1.10 bits per heavy atom. The van der Waals surface area contributed by atoms with Crippen LogP contribution in [-0.2, 0) is 17.9 Å². The Morgan fingerprint density at radius 2 is 1.76 bits per heavy atom. The fraction of sp³-hybridized carbons (Fsp3) is 0.353. The van der Waals surface area contributed by atoms with Gasteiger partial charge in [0.1, 0.15) is 6.61 Å². The summed E-state index contributed by atoms with van der Waals surface area (Å²) in [5, 5.41) is 0. The first-order valence-corrected chi connectivity index (χ1v) is 7.23. The van der Waals surface area contributed by atoms with E-state index in [1.807, 2.05) is 12.1 Å². The number of benzene rings is 1. The number of rotatable bonds is 7. The minimum atomic E-state index is -0.438. The van der Waals surface area contributed by atoms with Crippen LogP contribution in [0.25, 0.3) is 0 Å². The van der Waals surface area contributed by atoms with Gasteiger partial charge in [0, 0.05) is 6.54 Å². The summed E-state index contributed by atoms with van der Waals surface area (Å²) in [6.07, 6.45) is 1.46. The van der Waals surface area contributed by atoms with Gasteiger partial charge in [-0.05, 0) is 36.3 Å². The van der Waals surface area contributed by atoms with Crippen LogP contribution in [0, 0.1) is 0 Å². The van der Waals surface area contributed by atoms with E-state index in [4.69, 9.17) is 9.15 Å². The van der Waals surface area contributed by atoms with Crippen molar-refractivity contribution in [1.82, 2.24) is 4.90 Å². The Kier molecular flexibility index (Phi) is 5.58. The highest BCUT2D eigenvalue weighted by molar-refractivity contribution is 5.86. The molecule has 0 spiro atoms. The maximum Gasteiger partial charge on any atom is 0.374 e. The van der Waals surface area contributed by atoms with Crippen LogP contribution in [0.15, 0.2) is 47.1 Å². The Labute approximate surface area is 125 Å². The average Bonchev–Trinajstić information content (AvgIpc) is 3.06. The number of esters is 1. The van der Waals surface area contributed by atoms with Gasteiger partial charge in [-0.1, -0.05) is 38.1 Å². The van der Waals surface area contributed by atoms with Crippen LogP contribution in [0.3, 0.4) is 0 Å². The van der Waals surface area contributed by atoms with Gasteiger partial charge in [-0.25, -0.2) is 4.79 Å². The highest BCUT2D eigenvalue weighted by Crippen LogP contribution is 2.10. The van der Waals surface area contributed by atoms with E-state index in [-0.39, 0.29) is 12.4 Å². The van der Waals surface area contributed by atoms with Crippen molar-refractivity contribution in [1.29, 1.82) is 0 Å². The largest absolute Gasteiger partial charge is 0.457 e. The third-order valence-electron chi connectivity index (χ3n) is 3.42. The number of ether oxygens (including phenoxy) is 1. The zero-order valence-electron chi connectivity index (χ0n) is 12.5. The smallest absolute Gasteiger partial charge is 0.374 e. The fourth-order valence-corrected chi connectivity index (χ4v) is 2.06. The molecule has 0 amide bonds. The van der Waals surface area contributed by atoms with Crippen molar-refractivity contribution in [3.05, 3.63) is 59.5 Å². The zero-order valence-corrected chi connectivity index (χ0v) is 12.5. The molecule has 0 N–H and O–H groups in total. The lowest BCUT2D eigenvalue weighted by atomic mass is 10.1. The first-order valence-electron chi connectivity index (χ1n) is 7.23. The van der Waals surface area contributed by atoms with Crippen molar-refractivity contribution >= 4 is 5.97 Å². The molecule has 0 radical (unpaired) electrons. The summed E-state index contributed by atoms with van der Waals surface area (Å²) in [5.74, 6) is -0.208. The minimum absolute atomic E-state index is 0.230. The van der Waals surface area contributed by atoms with Gasteiger partial charge in [0.2, 0.25) is 5.76 Å². The quantitative estimate of drug-likeness (QED) is 0.731. The van der Waals surface area contributed by atoms with Gasteiger partial charge in [0.25, 0.3) is 0 Å². The second-order valence-electron chi connectivity index (χ2n) is 4.83. The summed E-state index contributed by atoms with van der Waals surface area (Å²) in [4.78, 5) is 14.0. The highest BCUT2D eigenvalue weighted by Gasteiger charge is 2.10. The predicted octanol–water partition coefficient (Wildman–Crippen LogP) is 3.48. The van der Waals surface area contributed by atoms with Crippen molar-refractivity contribution in [2.75, 3.05) is 13.1 Å². The van der Waals surface area contributed by atoms with E-state index < -0.39 is 5.97 Å². The monoisotopic (exact) mass is 287 g/mol. The lowest BCUT2D eigenvalue weighted by Crippen LogP contribution is -2.22. The number of nitrogens with zero attached hydrogens (tertiary/aromatic N) is 1. The molecule has 0 bridgehead atoms. The number of furan rings is 1. The molecular weight excluding hydrogens is 266 g/mol. The molecule has 1 heterocycles. The molecule has 0 saturated heterocycles. The molecule has 1 aromatic carbocycles. The lowest BCUT2D eigenvalue weighted by Gasteiger charge is -2.18. The Morgan fingerprint density at radius 3 is 2.33 bits per heavy atom. The second kappa shape index (κ2) is 7.64. The van der Waals surface area contributed by atoms with Crippen molar-refractivity contribution in [2.45, 2.75) is 27.0 Å². The van der Waals surface area contributed by atoms with Crippen LogP contribution >= 0.6 is 0 Å². The second-order valence-corrected chi connectivity index (χ2v) is 4.83. The number of carbonyl (C=O) groups excluding carboxylic acids is 1. The normalized spacial score (nSPS) is 10.8. The topological polar surface area (TPSA) is 42.7 Å². The van der Waals surface area contributed by atoms with E-state index in [9.17, 15) is 4.79 Å². The molecule has 1 aromatic heterocycles. The molecule has 0 saturated carbocycles. The zero-order chi connectivity index (χ0) is 15.1. The molecule has 4 nitrogen and oxygen atoms in total. The predicted molar refractivity (Wildman–Crippen MR) is 80.9 cm³/mol. The molecular formula is C17H21NO3. The standard InChI is InChI=1S/C17H21NO3/c1-3-18(4-2)12-14-7-9-15(10-8-14)13-21-17(19)16-6-5-11-20-16/h5-11H,3-4,12-13H2,1-2H3. The fourth-order valence-electron chi connectivity index (χ4n) is 2.06. The molecule has 0 aliphatic carbocycles. The van der Waals surface area contributed by atoms with Crippen LogP contribution in [-0.4, -0.2) is 24.0 Å². The van der Waals surface area contributed by atoms with Crippen LogP contribution in [0.5, 0.6) is 0 Å². The average molecular weight is 287 g/mol. The Balaban J connectivity index is 1.86. The third kappa shape index (κ3) is 4.46. The molecule has 0 unspecified atom stereocenters. The number of hydrogen-bond donors (Lipinski definition) is 0. The van der Waals surface area contributed by atoms with E-state index in [0.717, 1.165) is 25.2 Å². The minimum Gasteiger partial charge on any atom is -0.457 e. The maximum atomic E-state index is 11.6. The number of hydrogen-bond acceptors (Lipinski definition) is 4. The van der Waals surface area contributed by atoms with Gasteiger partial charge in [0.15, 0.2) is 0 Å². The van der Waals surface area contributed by atoms with Crippen LogP contribution < -0.4 is 0 Å². The molecule has 112 valence electrons. The Hall–Kier alpha value is -2.07. The van der Waals surface area contributed by atoms with E-state index >= 15 is 0 Å². The molecule has 0 aliphatic rings. The summed E-state index contributed by atoms with van der Waals surface area (Å²) < 4.78 is 10.2. The molecule has 2 aromatic rings. The van der Waals surface area contributed by atoms with Gasteiger partial charge < -0.3 is 9.15 Å². The van der Waals surface area contributed by atoms with Gasteiger partial charge in [-0.15, -0.1) is 0 Å². The first-order chi connectivity index (χ1) is 10.2. The van der Waals surface area contributed by atoms with Crippen LogP contribution in [0.1, 0.15) is 35.5 Å². The maximum absolute atomic E-state index is 11.6. The van der Waals surface area contributed by atoms with Crippen molar-refractivity contribution in [3.63, 3.8) is 0 Å². The molecule has 0 atom stereocenters. The SMILES string of the molecule is CCN(CC)Cc1ccc(COC(=O)c2ccco2)cc1. The van der Waals surface area contributed by atoms with Crippen molar-refractivity contribution in [2.24, 2.45) is 0 Å². The van der Waals surface area contributed by atoms with E-state index in [2.05, 4.69) is 30.9 Å². The van der Waals surface area contributed by atoms with Crippen LogP contribution in [0.4, 0.5) is 0 Å². The summed E-state index contributed by atoms with van der Waals surface area (Å²) in [7, 11) is 0. The van der Waals surface area contributed by atoms with Gasteiger partial charge >= 0.3 is 5.97 Å². The van der Waals surface area contributed by atoms with Gasteiger partial charge in [-0.3, -0.25) is 4.90 Å². The molecule has 2 rings (SSSR count). The molecule has 0 aliphatic heterocycles. The number of carbonyl (C=O) groups is 1. The first kappa shape index (κ1) is 15.3. The molecule has 21 heavy (non-hydrogen) atoms. The Bertz CT molecular complexity index is 542. The molecule has 4 heteroatoms. The van der Waals surface area contributed by atoms with E-state index in [1.165, 1.54) is 11.8 Å². The van der Waals surface area contributed by atoms with Gasteiger partial charge in [0.05, 0.1) is 6.26 Å². The van der Waals surface area contributed by atoms with Crippen LogP contribution in [0.2, 0.25) is 0 Å².